The number of hydrogen-bond acceptors (Lipinski definition) is 4. The van der Waals surface area contributed by atoms with Gasteiger partial charge in [0.15, 0.2) is 0 Å². The summed E-state index contributed by atoms with van der Waals surface area (Å²) in [5, 5.41) is 8.26. The third kappa shape index (κ3) is 9.05. The van der Waals surface area contributed by atoms with E-state index < -0.39 is 0 Å². The molecule has 6 nitrogen and oxygen atoms in total. The molecule has 0 atom stereocenters. The number of nitrogens with one attached hydrogen (secondary N) is 3. The highest BCUT2D eigenvalue weighted by atomic mass is 79.9. The van der Waals surface area contributed by atoms with Gasteiger partial charge in [0.2, 0.25) is 17.7 Å². The van der Waals surface area contributed by atoms with Gasteiger partial charge in [0.05, 0.1) is 11.5 Å². The topological polar surface area (TPSA) is 87.3 Å². The van der Waals surface area contributed by atoms with Crippen molar-refractivity contribution in [2.75, 3.05) is 23.4 Å². The van der Waals surface area contributed by atoms with Crippen molar-refractivity contribution in [3.05, 3.63) is 64.6 Å². The number of amides is 3. The Morgan fingerprint density at radius 1 is 0.857 bits per heavy atom. The number of benzene rings is 2. The zero-order valence-corrected chi connectivity index (χ0v) is 17.6. The van der Waals surface area contributed by atoms with Crippen LogP contribution in [-0.4, -0.2) is 35.8 Å². The third-order valence-corrected chi connectivity index (χ3v) is 5.01. The number of carbonyl (C=O) groups is 3. The number of thioether (sulfide) groups is 1. The van der Waals surface area contributed by atoms with Crippen molar-refractivity contribution < 1.29 is 14.4 Å². The van der Waals surface area contributed by atoms with Crippen molar-refractivity contribution in [1.29, 1.82) is 0 Å². The van der Waals surface area contributed by atoms with Gasteiger partial charge in [-0.1, -0.05) is 52.3 Å². The van der Waals surface area contributed by atoms with E-state index in [1.165, 1.54) is 11.8 Å². The van der Waals surface area contributed by atoms with Crippen LogP contribution in [0.15, 0.2) is 59.1 Å². The summed E-state index contributed by atoms with van der Waals surface area (Å²) in [6.07, 6.45) is 0.215. The average Bonchev–Trinajstić information content (AvgIpc) is 2.67. The van der Waals surface area contributed by atoms with Gasteiger partial charge < -0.3 is 16.0 Å². The molecule has 148 valence electrons. The number of halogens is 1. The molecule has 2 aromatic carbocycles. The molecule has 0 spiro atoms. The van der Waals surface area contributed by atoms with Crippen molar-refractivity contribution in [2.24, 2.45) is 0 Å². The van der Waals surface area contributed by atoms with E-state index in [1.807, 2.05) is 42.5 Å². The molecule has 2 rings (SSSR count). The Kier molecular flexibility index (Phi) is 9.57. The van der Waals surface area contributed by atoms with Crippen LogP contribution in [0.25, 0.3) is 0 Å². The molecule has 2 aromatic rings. The molecule has 8 heteroatoms. The highest BCUT2D eigenvalue weighted by Gasteiger charge is 2.07. The maximum atomic E-state index is 11.9. The molecule has 0 saturated carbocycles. The summed E-state index contributed by atoms with van der Waals surface area (Å²) in [7, 11) is 0. The molecule has 0 aliphatic rings. The first-order chi connectivity index (χ1) is 13.5. The quantitative estimate of drug-likeness (QED) is 0.505. The Bertz CT molecular complexity index is 802. The second-order valence-electron chi connectivity index (χ2n) is 5.91. The van der Waals surface area contributed by atoms with Crippen molar-refractivity contribution in [2.45, 2.75) is 13.0 Å². The molecule has 0 saturated heterocycles. The highest BCUT2D eigenvalue weighted by molar-refractivity contribution is 9.10. The van der Waals surface area contributed by atoms with Gasteiger partial charge in [-0.2, -0.15) is 0 Å². The Balaban J connectivity index is 1.53. The lowest BCUT2D eigenvalue weighted by atomic mass is 10.2. The Hall–Kier alpha value is -2.32. The van der Waals surface area contributed by atoms with Crippen LogP contribution in [0.4, 0.5) is 5.69 Å². The van der Waals surface area contributed by atoms with Crippen LogP contribution >= 0.6 is 27.7 Å². The fourth-order valence-corrected chi connectivity index (χ4v) is 3.30. The first-order valence-electron chi connectivity index (χ1n) is 8.73. The van der Waals surface area contributed by atoms with Gasteiger partial charge in [0, 0.05) is 29.7 Å². The molecule has 0 bridgehead atoms. The second-order valence-corrected chi connectivity index (χ2v) is 7.81. The minimum atomic E-state index is -0.198. The van der Waals surface area contributed by atoms with Crippen molar-refractivity contribution in [3.8, 4) is 0 Å². The van der Waals surface area contributed by atoms with E-state index in [-0.39, 0.29) is 42.2 Å². The van der Waals surface area contributed by atoms with Gasteiger partial charge in [-0.25, -0.2) is 0 Å². The summed E-state index contributed by atoms with van der Waals surface area (Å²) in [6.45, 7) is 0.737. The fraction of sp³-hybridized carbons (Fsp3) is 0.250. The van der Waals surface area contributed by atoms with Crippen molar-refractivity contribution >= 4 is 51.1 Å². The Morgan fingerprint density at radius 3 is 2.36 bits per heavy atom. The van der Waals surface area contributed by atoms with Gasteiger partial charge >= 0.3 is 0 Å². The van der Waals surface area contributed by atoms with Gasteiger partial charge in [0.25, 0.3) is 0 Å². The van der Waals surface area contributed by atoms with Crippen LogP contribution in [0.5, 0.6) is 0 Å². The molecule has 0 unspecified atom stereocenters. The maximum Gasteiger partial charge on any atom is 0.234 e. The van der Waals surface area contributed by atoms with Gasteiger partial charge in [-0.3, -0.25) is 14.4 Å². The third-order valence-electron chi connectivity index (χ3n) is 3.58. The largest absolute Gasteiger partial charge is 0.355 e. The zero-order valence-electron chi connectivity index (χ0n) is 15.2. The standard InChI is InChI=1S/C20H22BrN3O3S/c21-16-7-4-8-17(11-16)24-20(27)14-28-13-19(26)22-10-9-18(25)23-12-15-5-2-1-3-6-15/h1-8,11H,9-10,12-14H2,(H,22,26)(H,23,25)(H,24,27). The van der Waals surface area contributed by atoms with Gasteiger partial charge in [0.1, 0.15) is 0 Å². The summed E-state index contributed by atoms with van der Waals surface area (Å²) in [5.74, 6) is -0.146. The molecule has 0 aliphatic heterocycles. The second kappa shape index (κ2) is 12.2. The minimum Gasteiger partial charge on any atom is -0.355 e. The summed E-state index contributed by atoms with van der Waals surface area (Å²) in [4.78, 5) is 35.4. The number of hydrogen-bond donors (Lipinski definition) is 3. The summed E-state index contributed by atoms with van der Waals surface area (Å²) in [6, 6.07) is 16.9. The minimum absolute atomic E-state index is 0.120. The number of anilines is 1. The fourth-order valence-electron chi connectivity index (χ4n) is 2.25. The number of carbonyl (C=O) groups excluding carboxylic acids is 3. The Morgan fingerprint density at radius 2 is 1.61 bits per heavy atom. The molecule has 0 radical (unpaired) electrons. The van der Waals surface area contributed by atoms with Crippen LogP contribution in [0.3, 0.4) is 0 Å². The normalized spacial score (nSPS) is 10.2. The average molecular weight is 464 g/mol. The van der Waals surface area contributed by atoms with E-state index in [4.69, 9.17) is 0 Å². The molecule has 0 aliphatic carbocycles. The lowest BCUT2D eigenvalue weighted by Gasteiger charge is -2.07. The first kappa shape index (κ1) is 22.0. The number of rotatable bonds is 10. The van der Waals surface area contributed by atoms with Crippen molar-refractivity contribution in [3.63, 3.8) is 0 Å². The first-order valence-corrected chi connectivity index (χ1v) is 10.7. The van der Waals surface area contributed by atoms with Crippen LogP contribution in [0.2, 0.25) is 0 Å². The molecule has 0 aromatic heterocycles. The lowest BCUT2D eigenvalue weighted by Crippen LogP contribution is -2.31. The van der Waals surface area contributed by atoms with Crippen LogP contribution < -0.4 is 16.0 Å². The molecule has 28 heavy (non-hydrogen) atoms. The van der Waals surface area contributed by atoms with Gasteiger partial charge in [-0.15, -0.1) is 11.8 Å². The van der Waals surface area contributed by atoms with E-state index in [9.17, 15) is 14.4 Å². The summed E-state index contributed by atoms with van der Waals surface area (Å²) in [5.41, 5.74) is 1.73. The smallest absolute Gasteiger partial charge is 0.234 e. The summed E-state index contributed by atoms with van der Waals surface area (Å²) < 4.78 is 0.880. The summed E-state index contributed by atoms with van der Waals surface area (Å²) >= 11 is 4.56. The van der Waals surface area contributed by atoms with E-state index in [0.717, 1.165) is 10.0 Å². The molecular formula is C20H22BrN3O3S. The predicted molar refractivity (Wildman–Crippen MR) is 116 cm³/mol. The van der Waals surface area contributed by atoms with E-state index in [0.29, 0.717) is 12.2 Å². The highest BCUT2D eigenvalue weighted by Crippen LogP contribution is 2.15. The van der Waals surface area contributed by atoms with Crippen LogP contribution in [-0.2, 0) is 20.9 Å². The van der Waals surface area contributed by atoms with E-state index >= 15 is 0 Å². The molecule has 3 N–H and O–H groups in total. The lowest BCUT2D eigenvalue weighted by molar-refractivity contribution is -0.121. The van der Waals surface area contributed by atoms with E-state index in [2.05, 4.69) is 31.9 Å². The monoisotopic (exact) mass is 463 g/mol. The van der Waals surface area contributed by atoms with Crippen LogP contribution in [0.1, 0.15) is 12.0 Å². The van der Waals surface area contributed by atoms with Gasteiger partial charge in [-0.05, 0) is 23.8 Å². The Labute approximate surface area is 177 Å². The zero-order chi connectivity index (χ0) is 20.2. The molecular weight excluding hydrogens is 442 g/mol. The van der Waals surface area contributed by atoms with E-state index in [1.54, 1.807) is 12.1 Å². The SMILES string of the molecule is O=C(CCNC(=O)CSCC(=O)Nc1cccc(Br)c1)NCc1ccccc1. The predicted octanol–water partition coefficient (Wildman–Crippen LogP) is 2.94. The molecule has 3 amide bonds. The van der Waals surface area contributed by atoms with Crippen LogP contribution in [0, 0.1) is 0 Å². The van der Waals surface area contributed by atoms with Crippen molar-refractivity contribution in [1.82, 2.24) is 10.6 Å². The molecule has 0 heterocycles. The molecule has 0 fully saturated rings. The maximum absolute atomic E-state index is 11.9.